The lowest BCUT2D eigenvalue weighted by Crippen LogP contribution is -2.25. The molecule has 0 aliphatic rings. The van der Waals surface area contributed by atoms with Gasteiger partial charge >= 0.3 is 0 Å². The van der Waals surface area contributed by atoms with Gasteiger partial charge in [-0.25, -0.2) is 13.2 Å². The molecule has 0 fully saturated rings. The molecule has 0 nitrogen and oxygen atoms in total. The van der Waals surface area contributed by atoms with Crippen LogP contribution in [0.25, 0.3) is 0 Å². The summed E-state index contributed by atoms with van der Waals surface area (Å²) < 4.78 is 35.7. The van der Waals surface area contributed by atoms with Crippen LogP contribution in [0.5, 0.6) is 0 Å². The fourth-order valence-electron chi connectivity index (χ4n) is 0.597. The van der Waals surface area contributed by atoms with Gasteiger partial charge in [-0.1, -0.05) is 20.8 Å². The van der Waals surface area contributed by atoms with E-state index in [0.29, 0.717) is 0 Å². The smallest absolute Gasteiger partial charge is 0.241 e. The first-order valence-corrected chi connectivity index (χ1v) is 3.39. The lowest BCUT2D eigenvalue weighted by Gasteiger charge is -2.18. The molecule has 3 heteroatoms. The Morgan fingerprint density at radius 1 is 0.900 bits per heavy atom. The Morgan fingerprint density at radius 2 is 1.30 bits per heavy atom. The van der Waals surface area contributed by atoms with Crippen LogP contribution in [0.2, 0.25) is 0 Å². The van der Waals surface area contributed by atoms with Crippen molar-refractivity contribution in [3.8, 4) is 0 Å². The van der Waals surface area contributed by atoms with E-state index in [1.165, 1.54) is 6.92 Å². The van der Waals surface area contributed by atoms with Crippen molar-refractivity contribution < 1.29 is 13.2 Å². The molecular weight excluding hydrogens is 141 g/mol. The van der Waals surface area contributed by atoms with Gasteiger partial charge in [-0.3, -0.25) is 0 Å². The highest BCUT2D eigenvalue weighted by molar-refractivity contribution is 4.69. The monoisotopic (exact) mass is 154 g/mol. The fraction of sp³-hybridized carbons (Fsp3) is 1.00. The van der Waals surface area contributed by atoms with E-state index in [-0.39, 0.29) is 5.92 Å². The number of hydrogen-bond acceptors (Lipinski definition) is 0. The summed E-state index contributed by atoms with van der Waals surface area (Å²) >= 11 is 0. The first-order valence-electron chi connectivity index (χ1n) is 3.39. The predicted octanol–water partition coefficient (Wildman–Crippen LogP) is 2.88. The molecule has 0 aromatic carbocycles. The highest BCUT2D eigenvalue weighted by Gasteiger charge is 2.27. The van der Waals surface area contributed by atoms with Crippen molar-refractivity contribution in [2.24, 2.45) is 11.8 Å². The van der Waals surface area contributed by atoms with E-state index in [0.717, 1.165) is 0 Å². The average molecular weight is 154 g/mol. The molecular formula is C7H13F3. The van der Waals surface area contributed by atoms with Gasteiger partial charge in [0.1, 0.15) is 0 Å². The van der Waals surface area contributed by atoms with E-state index in [1.807, 2.05) is 0 Å². The summed E-state index contributed by atoms with van der Waals surface area (Å²) in [6.45, 7) is 4.97. The molecule has 0 bridgehead atoms. The summed E-state index contributed by atoms with van der Waals surface area (Å²) in [5, 5.41) is 0. The summed E-state index contributed by atoms with van der Waals surface area (Å²) in [7, 11) is 0. The van der Waals surface area contributed by atoms with Crippen LogP contribution in [0.1, 0.15) is 20.8 Å². The third-order valence-electron chi connectivity index (χ3n) is 1.79. The van der Waals surface area contributed by atoms with E-state index in [2.05, 4.69) is 0 Å². The molecule has 62 valence electrons. The van der Waals surface area contributed by atoms with Gasteiger partial charge in [-0.05, 0) is 11.8 Å². The summed E-state index contributed by atoms with van der Waals surface area (Å²) in [6, 6.07) is 0. The molecule has 2 atom stereocenters. The third-order valence-corrected chi connectivity index (χ3v) is 1.79. The Morgan fingerprint density at radius 3 is 1.40 bits per heavy atom. The van der Waals surface area contributed by atoms with Crippen molar-refractivity contribution in [1.29, 1.82) is 0 Å². The Bertz CT molecular complexity index is 78.9. The number of rotatable bonds is 3. The van der Waals surface area contributed by atoms with E-state index >= 15 is 0 Å². The van der Waals surface area contributed by atoms with Crippen molar-refractivity contribution in [3.05, 3.63) is 0 Å². The average Bonchev–Trinajstić information content (AvgIpc) is 1.84. The number of halogens is 3. The Hall–Kier alpha value is -0.210. The van der Waals surface area contributed by atoms with Gasteiger partial charge in [-0.2, -0.15) is 0 Å². The van der Waals surface area contributed by atoms with Crippen molar-refractivity contribution >= 4 is 0 Å². The lowest BCUT2D eigenvalue weighted by molar-refractivity contribution is 0.00873. The standard InChI is InChI=1S/C7H13F3/c1-4(2)5(3)6(8)7(9)10/h4-7H,1-3H3. The molecule has 2 unspecified atom stereocenters. The molecule has 0 N–H and O–H groups in total. The normalized spacial score (nSPS) is 18.0. The molecule has 0 rings (SSSR count). The zero-order chi connectivity index (χ0) is 8.31. The minimum Gasteiger partial charge on any atom is -0.241 e. The summed E-state index contributed by atoms with van der Waals surface area (Å²) in [5.74, 6) is -0.580. The molecule has 0 heterocycles. The van der Waals surface area contributed by atoms with Gasteiger partial charge in [0.15, 0.2) is 6.17 Å². The van der Waals surface area contributed by atoms with E-state index < -0.39 is 18.5 Å². The molecule has 0 radical (unpaired) electrons. The van der Waals surface area contributed by atoms with E-state index in [1.54, 1.807) is 13.8 Å². The lowest BCUT2D eigenvalue weighted by atomic mass is 9.93. The van der Waals surface area contributed by atoms with Crippen molar-refractivity contribution in [1.82, 2.24) is 0 Å². The predicted molar refractivity (Wildman–Crippen MR) is 34.9 cm³/mol. The molecule has 0 aliphatic carbocycles. The molecule has 0 saturated carbocycles. The van der Waals surface area contributed by atoms with Crippen LogP contribution in [-0.4, -0.2) is 12.6 Å². The van der Waals surface area contributed by atoms with Crippen LogP contribution in [-0.2, 0) is 0 Å². The quantitative estimate of drug-likeness (QED) is 0.586. The number of alkyl halides is 3. The Labute approximate surface area is 59.4 Å². The fourth-order valence-corrected chi connectivity index (χ4v) is 0.597. The molecule has 0 spiro atoms. The zero-order valence-corrected chi connectivity index (χ0v) is 6.44. The zero-order valence-electron chi connectivity index (χ0n) is 6.44. The van der Waals surface area contributed by atoms with Crippen LogP contribution in [0, 0.1) is 11.8 Å². The summed E-state index contributed by atoms with van der Waals surface area (Å²) in [5.41, 5.74) is 0. The van der Waals surface area contributed by atoms with E-state index in [9.17, 15) is 13.2 Å². The second kappa shape index (κ2) is 3.84. The van der Waals surface area contributed by atoms with Gasteiger partial charge in [0.2, 0.25) is 0 Å². The van der Waals surface area contributed by atoms with E-state index in [4.69, 9.17) is 0 Å². The third kappa shape index (κ3) is 2.58. The molecule has 0 saturated heterocycles. The highest BCUT2D eigenvalue weighted by atomic mass is 19.3. The summed E-state index contributed by atoms with van der Waals surface area (Å²) in [4.78, 5) is 0. The molecule has 0 aliphatic heterocycles. The van der Waals surface area contributed by atoms with Gasteiger partial charge in [0.25, 0.3) is 6.43 Å². The van der Waals surface area contributed by atoms with Crippen LogP contribution >= 0.6 is 0 Å². The van der Waals surface area contributed by atoms with Crippen LogP contribution in [0.4, 0.5) is 13.2 Å². The second-order valence-electron chi connectivity index (χ2n) is 2.88. The van der Waals surface area contributed by atoms with Crippen LogP contribution in [0.3, 0.4) is 0 Å². The van der Waals surface area contributed by atoms with Crippen LogP contribution < -0.4 is 0 Å². The van der Waals surface area contributed by atoms with Crippen molar-refractivity contribution in [3.63, 3.8) is 0 Å². The summed E-state index contributed by atoms with van der Waals surface area (Å²) in [6.07, 6.45) is -4.81. The second-order valence-corrected chi connectivity index (χ2v) is 2.88. The maximum absolute atomic E-state index is 12.4. The first kappa shape index (κ1) is 9.79. The molecule has 0 aromatic rings. The van der Waals surface area contributed by atoms with Gasteiger partial charge < -0.3 is 0 Å². The minimum atomic E-state index is -2.84. The Kier molecular flexibility index (Phi) is 3.76. The maximum Gasteiger partial charge on any atom is 0.269 e. The van der Waals surface area contributed by atoms with Gasteiger partial charge in [0.05, 0.1) is 0 Å². The van der Waals surface area contributed by atoms with Gasteiger partial charge in [0, 0.05) is 0 Å². The SMILES string of the molecule is CC(C)C(C)C(F)C(F)F. The largest absolute Gasteiger partial charge is 0.269 e. The van der Waals surface area contributed by atoms with Crippen LogP contribution in [0.15, 0.2) is 0 Å². The topological polar surface area (TPSA) is 0 Å². The molecule has 0 aromatic heterocycles. The number of hydrogen-bond donors (Lipinski definition) is 0. The molecule has 0 amide bonds. The maximum atomic E-state index is 12.4. The van der Waals surface area contributed by atoms with Crippen molar-refractivity contribution in [2.75, 3.05) is 0 Å². The highest BCUT2D eigenvalue weighted by Crippen LogP contribution is 2.22. The first-order chi connectivity index (χ1) is 4.46. The minimum absolute atomic E-state index is 0.0241. The molecule has 10 heavy (non-hydrogen) atoms. The van der Waals surface area contributed by atoms with Gasteiger partial charge in [-0.15, -0.1) is 0 Å². The van der Waals surface area contributed by atoms with Crippen molar-refractivity contribution in [2.45, 2.75) is 33.4 Å². The Balaban J connectivity index is 3.81.